The van der Waals surface area contributed by atoms with Gasteiger partial charge < -0.3 is 21.7 Å². The summed E-state index contributed by atoms with van der Waals surface area (Å²) in [5.41, 5.74) is 11.9. The number of nitrogens with two attached hydrogens (primary N) is 2. The second kappa shape index (κ2) is 6.65. The molecular weight excluding hydrogens is 328 g/mol. The normalized spacial score (nSPS) is 25.8. The molecule has 2 aliphatic rings. The molecule has 0 aromatic carbocycles. The zero-order chi connectivity index (χ0) is 18.2. The first kappa shape index (κ1) is 17.7. The number of alkyl halides is 2. The van der Waals surface area contributed by atoms with Crippen molar-refractivity contribution in [2.75, 3.05) is 29.5 Å². The molecule has 1 saturated carbocycles. The Morgan fingerprint density at radius 1 is 1.32 bits per heavy atom. The van der Waals surface area contributed by atoms with Crippen LogP contribution in [0.2, 0.25) is 0 Å². The van der Waals surface area contributed by atoms with Crippen LogP contribution < -0.4 is 21.7 Å². The molecule has 1 amide bonds. The minimum atomic E-state index is -2.79. The van der Waals surface area contributed by atoms with Crippen LogP contribution in [-0.4, -0.2) is 35.9 Å². The van der Waals surface area contributed by atoms with E-state index in [9.17, 15) is 13.6 Å². The Morgan fingerprint density at radius 2 is 2.00 bits per heavy atom. The number of nitrogen functional groups attached to an aromatic ring is 2. The van der Waals surface area contributed by atoms with Crippen molar-refractivity contribution in [2.24, 2.45) is 5.92 Å². The number of nitrogens with one attached hydrogen (secondary N) is 1. The monoisotopic (exact) mass is 353 g/mol. The number of hydrogen-bond acceptors (Lipinski definition) is 5. The van der Waals surface area contributed by atoms with Gasteiger partial charge in [0.05, 0.1) is 17.8 Å². The van der Waals surface area contributed by atoms with Crippen LogP contribution in [0.1, 0.15) is 49.4 Å². The lowest BCUT2D eigenvalue weighted by Gasteiger charge is -2.28. The molecule has 2 heterocycles. The molecule has 1 aliphatic carbocycles. The zero-order valence-electron chi connectivity index (χ0n) is 14.4. The number of nitrogens with zero attached hydrogens (tertiary/aromatic N) is 2. The molecule has 1 aromatic heterocycles. The predicted octanol–water partition coefficient (Wildman–Crippen LogP) is 2.40. The largest absolute Gasteiger partial charge is 0.396 e. The lowest BCUT2D eigenvalue weighted by molar-refractivity contribution is 0.0256. The summed E-state index contributed by atoms with van der Waals surface area (Å²) in [6, 6.07) is 1.53. The fourth-order valence-corrected chi connectivity index (χ4v) is 3.53. The molecular formula is C17H25F2N5O. The summed E-state index contributed by atoms with van der Waals surface area (Å²) in [4.78, 5) is 18.3. The van der Waals surface area contributed by atoms with Crippen LogP contribution in [-0.2, 0) is 0 Å². The quantitative estimate of drug-likeness (QED) is 0.775. The first-order chi connectivity index (χ1) is 11.7. The van der Waals surface area contributed by atoms with Crippen molar-refractivity contribution in [2.45, 2.75) is 51.0 Å². The molecule has 5 N–H and O–H groups in total. The number of amides is 1. The van der Waals surface area contributed by atoms with Gasteiger partial charge in [-0.05, 0) is 37.7 Å². The number of pyridine rings is 1. The van der Waals surface area contributed by atoms with E-state index in [0.717, 1.165) is 25.7 Å². The maximum absolute atomic E-state index is 13.6. The lowest BCUT2D eigenvalue weighted by atomic mass is 9.87. The van der Waals surface area contributed by atoms with E-state index in [1.54, 1.807) is 0 Å². The van der Waals surface area contributed by atoms with Crippen molar-refractivity contribution in [1.29, 1.82) is 0 Å². The van der Waals surface area contributed by atoms with Gasteiger partial charge in [0.1, 0.15) is 11.6 Å². The van der Waals surface area contributed by atoms with E-state index >= 15 is 0 Å². The topological polar surface area (TPSA) is 97.3 Å². The molecule has 0 unspecified atom stereocenters. The first-order valence-electron chi connectivity index (χ1n) is 8.75. The lowest BCUT2D eigenvalue weighted by Crippen LogP contribution is -2.38. The molecule has 0 spiro atoms. The molecule has 25 heavy (non-hydrogen) atoms. The number of rotatable bonds is 3. The van der Waals surface area contributed by atoms with Crippen molar-refractivity contribution < 1.29 is 13.6 Å². The number of aromatic nitrogens is 1. The van der Waals surface area contributed by atoms with Crippen LogP contribution in [0.3, 0.4) is 0 Å². The van der Waals surface area contributed by atoms with Gasteiger partial charge in [0, 0.05) is 19.0 Å². The number of carbonyl (C=O) groups is 1. The molecule has 1 saturated heterocycles. The molecule has 6 nitrogen and oxygen atoms in total. The Bertz CT molecular complexity index is 659. The fourth-order valence-electron chi connectivity index (χ4n) is 3.53. The molecule has 1 aromatic rings. The van der Waals surface area contributed by atoms with E-state index in [4.69, 9.17) is 11.5 Å². The maximum Gasteiger partial charge on any atom is 0.266 e. The summed E-state index contributed by atoms with van der Waals surface area (Å²) in [6.45, 7) is 1.86. The molecule has 1 aliphatic heterocycles. The average molecular weight is 353 g/mol. The molecule has 0 atom stereocenters. The van der Waals surface area contributed by atoms with Gasteiger partial charge in [-0.3, -0.25) is 4.79 Å². The van der Waals surface area contributed by atoms with Gasteiger partial charge in [-0.25, -0.2) is 13.8 Å². The van der Waals surface area contributed by atoms with E-state index in [2.05, 4.69) is 17.2 Å². The van der Waals surface area contributed by atoms with E-state index < -0.39 is 12.5 Å². The smallest absolute Gasteiger partial charge is 0.266 e. The van der Waals surface area contributed by atoms with Gasteiger partial charge >= 0.3 is 0 Å². The highest BCUT2D eigenvalue weighted by atomic mass is 19.3. The molecule has 3 rings (SSSR count). The minimum Gasteiger partial charge on any atom is -0.396 e. The van der Waals surface area contributed by atoms with E-state index in [1.807, 2.05) is 0 Å². The van der Waals surface area contributed by atoms with Gasteiger partial charge in [0.25, 0.3) is 11.8 Å². The number of halogens is 2. The van der Waals surface area contributed by atoms with E-state index in [0.29, 0.717) is 5.92 Å². The van der Waals surface area contributed by atoms with Crippen molar-refractivity contribution in [3.63, 3.8) is 0 Å². The highest BCUT2D eigenvalue weighted by molar-refractivity contribution is 6.00. The Morgan fingerprint density at radius 3 is 2.60 bits per heavy atom. The Labute approximate surface area is 146 Å². The van der Waals surface area contributed by atoms with Crippen molar-refractivity contribution >= 4 is 23.2 Å². The third-order valence-corrected chi connectivity index (χ3v) is 5.13. The van der Waals surface area contributed by atoms with Crippen LogP contribution in [0.25, 0.3) is 0 Å². The highest BCUT2D eigenvalue weighted by Crippen LogP contribution is 2.33. The third kappa shape index (κ3) is 3.93. The summed E-state index contributed by atoms with van der Waals surface area (Å²) in [5, 5.41) is 3.00. The Balaban J connectivity index is 1.82. The molecule has 0 bridgehead atoms. The highest BCUT2D eigenvalue weighted by Gasteiger charge is 2.40. The summed E-state index contributed by atoms with van der Waals surface area (Å²) in [5.74, 6) is -2.21. The zero-order valence-corrected chi connectivity index (χ0v) is 14.4. The summed E-state index contributed by atoms with van der Waals surface area (Å²) in [6.07, 6.45) is 3.71. The van der Waals surface area contributed by atoms with Gasteiger partial charge in [-0.2, -0.15) is 0 Å². The van der Waals surface area contributed by atoms with E-state index in [1.165, 1.54) is 11.0 Å². The average Bonchev–Trinajstić information content (AvgIpc) is 2.91. The molecule has 0 radical (unpaired) electrons. The van der Waals surface area contributed by atoms with Gasteiger partial charge in [-0.1, -0.05) is 6.92 Å². The van der Waals surface area contributed by atoms with Crippen LogP contribution in [0, 0.1) is 5.92 Å². The summed E-state index contributed by atoms with van der Waals surface area (Å²) < 4.78 is 27.2. The summed E-state index contributed by atoms with van der Waals surface area (Å²) in [7, 11) is 0. The van der Waals surface area contributed by atoms with Gasteiger partial charge in [0.2, 0.25) is 0 Å². The van der Waals surface area contributed by atoms with Crippen molar-refractivity contribution in [3.05, 3.63) is 11.6 Å². The van der Waals surface area contributed by atoms with Crippen molar-refractivity contribution in [3.8, 4) is 0 Å². The van der Waals surface area contributed by atoms with Crippen LogP contribution in [0.4, 0.5) is 26.1 Å². The van der Waals surface area contributed by atoms with Crippen LogP contribution in [0.5, 0.6) is 0 Å². The predicted molar refractivity (Wildman–Crippen MR) is 93.7 cm³/mol. The molecule has 2 fully saturated rings. The Kier molecular flexibility index (Phi) is 4.71. The second-order valence-corrected chi connectivity index (χ2v) is 7.29. The number of anilines is 3. The third-order valence-electron chi connectivity index (χ3n) is 5.13. The second-order valence-electron chi connectivity index (χ2n) is 7.29. The minimum absolute atomic E-state index is 0.0493. The molecule has 8 heteroatoms. The first-order valence-corrected chi connectivity index (χ1v) is 8.75. The van der Waals surface area contributed by atoms with Gasteiger partial charge in [-0.15, -0.1) is 0 Å². The van der Waals surface area contributed by atoms with Crippen LogP contribution in [0.15, 0.2) is 6.07 Å². The molecule has 138 valence electrons. The van der Waals surface area contributed by atoms with Crippen molar-refractivity contribution in [1.82, 2.24) is 10.3 Å². The fraction of sp³-hybridized carbons (Fsp3) is 0.647. The maximum atomic E-state index is 13.6. The van der Waals surface area contributed by atoms with Gasteiger partial charge in [0.15, 0.2) is 0 Å². The standard InChI is InChI=1S/C17H25F2N5O/c1-10-2-4-11(5-3-10)22-16(25)12-8-13(20)14(21)23-15(12)24-7-6-17(18,19)9-24/h8,10-11H,2-7,9,20H2,1H3,(H2,21,23)(H,22,25). The summed E-state index contributed by atoms with van der Waals surface area (Å²) >= 11 is 0. The van der Waals surface area contributed by atoms with E-state index in [-0.39, 0.29) is 47.8 Å². The SMILES string of the molecule is CC1CCC(NC(=O)c2cc(N)c(N)nc2N2CCC(F)(F)C2)CC1. The Hall–Kier alpha value is -2.12. The van der Waals surface area contributed by atoms with Crippen LogP contribution >= 0.6 is 0 Å². The number of carbonyl (C=O) groups excluding carboxylic acids is 1. The number of hydrogen-bond donors (Lipinski definition) is 3.